The molecule has 0 aliphatic carbocycles. The highest BCUT2D eigenvalue weighted by Crippen LogP contribution is 2.05. The largest absolute Gasteiger partial charge is 0.242 e. The minimum atomic E-state index is -0.368. The summed E-state index contributed by atoms with van der Waals surface area (Å²) in [7, 11) is 0. The molecule has 46 valence electrons. The first-order chi connectivity index (χ1) is 3.77. The lowest BCUT2D eigenvalue weighted by Crippen LogP contribution is -1.88. The molecule has 0 atom stereocenters. The van der Waals surface area contributed by atoms with Crippen LogP contribution >= 0.6 is 23.2 Å². The molecule has 0 bridgehead atoms. The van der Waals surface area contributed by atoms with Gasteiger partial charge in [0.2, 0.25) is 0 Å². The molecular formula is C4H6Cl2N2. The van der Waals surface area contributed by atoms with Crippen molar-refractivity contribution in [1.82, 2.24) is 0 Å². The number of nitrogens with one attached hydrogen (secondary N) is 1. The first-order valence-corrected chi connectivity index (χ1v) is 3.01. The van der Waals surface area contributed by atoms with Crippen LogP contribution in [0.2, 0.25) is 0 Å². The summed E-state index contributed by atoms with van der Waals surface area (Å²) in [5.74, 6) is 0. The van der Waals surface area contributed by atoms with Crippen molar-refractivity contribution in [2.45, 2.75) is 11.3 Å². The summed E-state index contributed by atoms with van der Waals surface area (Å²) < 4.78 is 0. The standard InChI is InChI=1S/C4H6Cl2N2/c5-4(6)1-2-8-3-7/h4,7H,1-2H2. The lowest BCUT2D eigenvalue weighted by molar-refractivity contribution is 0.908. The maximum atomic E-state index is 6.34. The third-order valence-electron chi connectivity index (χ3n) is 0.538. The van der Waals surface area contributed by atoms with Gasteiger partial charge in [0.25, 0.3) is 0 Å². The lowest BCUT2D eigenvalue weighted by atomic mass is 10.5. The van der Waals surface area contributed by atoms with E-state index in [2.05, 4.69) is 4.99 Å². The zero-order valence-corrected chi connectivity index (χ0v) is 5.71. The number of hydrogen-bond donors (Lipinski definition) is 1. The first kappa shape index (κ1) is 7.96. The number of rotatable bonds is 3. The number of aliphatic imine (C=N–C) groups is 1. The van der Waals surface area contributed by atoms with Gasteiger partial charge in [0.05, 0.1) is 12.6 Å². The fraction of sp³-hybridized carbons (Fsp3) is 0.750. The van der Waals surface area contributed by atoms with E-state index in [0.717, 1.165) is 0 Å². The number of hydrogen-bond acceptors (Lipinski definition) is 2. The van der Waals surface area contributed by atoms with E-state index >= 15 is 0 Å². The van der Waals surface area contributed by atoms with Crippen LogP contribution < -0.4 is 0 Å². The van der Waals surface area contributed by atoms with Gasteiger partial charge in [0.1, 0.15) is 4.84 Å². The molecule has 0 radical (unpaired) electrons. The molecule has 0 aliphatic rings. The van der Waals surface area contributed by atoms with Gasteiger partial charge < -0.3 is 0 Å². The van der Waals surface area contributed by atoms with Gasteiger partial charge in [-0.3, -0.25) is 0 Å². The van der Waals surface area contributed by atoms with Gasteiger partial charge in [-0.25, -0.2) is 10.4 Å². The van der Waals surface area contributed by atoms with E-state index in [9.17, 15) is 0 Å². The second-order valence-corrected chi connectivity index (χ2v) is 2.45. The van der Waals surface area contributed by atoms with E-state index in [-0.39, 0.29) is 4.84 Å². The summed E-state index contributed by atoms with van der Waals surface area (Å²) in [4.78, 5) is 3.09. The highest BCUT2D eigenvalue weighted by atomic mass is 35.5. The summed E-state index contributed by atoms with van der Waals surface area (Å²) in [5.41, 5.74) is 0. The summed E-state index contributed by atoms with van der Waals surface area (Å²) >= 11 is 10.7. The number of nitrogens with zero attached hydrogens (tertiary/aromatic N) is 1. The van der Waals surface area contributed by atoms with Crippen molar-refractivity contribution in [2.75, 3.05) is 6.54 Å². The van der Waals surface area contributed by atoms with Crippen molar-refractivity contribution in [3.8, 4) is 0 Å². The maximum Gasteiger partial charge on any atom is 0.109 e. The van der Waals surface area contributed by atoms with Crippen molar-refractivity contribution < 1.29 is 0 Å². The quantitative estimate of drug-likeness (QED) is 0.475. The predicted molar refractivity (Wildman–Crippen MR) is 35.1 cm³/mol. The van der Waals surface area contributed by atoms with Crippen LogP contribution in [0.3, 0.4) is 0 Å². The van der Waals surface area contributed by atoms with E-state index in [0.29, 0.717) is 13.0 Å². The Morgan fingerprint density at radius 3 is 2.62 bits per heavy atom. The van der Waals surface area contributed by atoms with Gasteiger partial charge in [0.15, 0.2) is 0 Å². The fourth-order valence-corrected chi connectivity index (χ4v) is 0.413. The molecule has 0 aromatic carbocycles. The van der Waals surface area contributed by atoms with E-state index in [1.54, 1.807) is 0 Å². The Balaban J connectivity index is 3.05. The molecule has 0 amide bonds. The molecule has 0 rings (SSSR count). The van der Waals surface area contributed by atoms with E-state index < -0.39 is 0 Å². The second kappa shape index (κ2) is 5.10. The topological polar surface area (TPSA) is 36.2 Å². The molecule has 0 saturated heterocycles. The minimum Gasteiger partial charge on any atom is -0.242 e. The Labute approximate surface area is 58.0 Å². The predicted octanol–water partition coefficient (Wildman–Crippen LogP) is 1.93. The Kier molecular flexibility index (Phi) is 5.08. The Morgan fingerprint density at radius 2 is 2.25 bits per heavy atom. The second-order valence-electron chi connectivity index (χ2n) is 1.17. The van der Waals surface area contributed by atoms with Crippen molar-refractivity contribution in [1.29, 1.82) is 5.41 Å². The summed E-state index contributed by atoms with van der Waals surface area (Å²) in [5, 5.41) is 6.34. The van der Waals surface area contributed by atoms with Crippen LogP contribution in [-0.4, -0.2) is 17.4 Å². The molecule has 0 fully saturated rings. The molecule has 2 nitrogen and oxygen atoms in total. The average Bonchev–Trinajstić information content (AvgIpc) is 1.66. The van der Waals surface area contributed by atoms with Crippen LogP contribution in [0.5, 0.6) is 0 Å². The van der Waals surface area contributed by atoms with Gasteiger partial charge in [-0.05, 0) is 6.42 Å². The highest BCUT2D eigenvalue weighted by Gasteiger charge is 1.94. The third kappa shape index (κ3) is 5.96. The van der Waals surface area contributed by atoms with Crippen LogP contribution in [-0.2, 0) is 0 Å². The summed E-state index contributed by atoms with van der Waals surface area (Å²) in [6.07, 6.45) is 0.592. The monoisotopic (exact) mass is 152 g/mol. The highest BCUT2D eigenvalue weighted by molar-refractivity contribution is 6.44. The average molecular weight is 153 g/mol. The Hall–Kier alpha value is -0.0400. The third-order valence-corrected chi connectivity index (χ3v) is 0.975. The Morgan fingerprint density at radius 1 is 1.62 bits per heavy atom. The number of alkyl halides is 2. The van der Waals surface area contributed by atoms with Crippen LogP contribution in [0, 0.1) is 5.41 Å². The van der Waals surface area contributed by atoms with Crippen LogP contribution in [0.25, 0.3) is 0 Å². The zero-order chi connectivity index (χ0) is 6.41. The molecule has 0 aromatic heterocycles. The number of halogens is 2. The normalized spacial score (nSPS) is 8.88. The summed E-state index contributed by atoms with van der Waals surface area (Å²) in [6.45, 7) is 0.487. The molecule has 1 N–H and O–H groups in total. The smallest absolute Gasteiger partial charge is 0.109 e. The molecule has 0 saturated carbocycles. The lowest BCUT2D eigenvalue weighted by Gasteiger charge is -1.91. The fourth-order valence-electron chi connectivity index (χ4n) is 0.218. The Bertz CT molecular complexity index is 96.2. The van der Waals surface area contributed by atoms with Gasteiger partial charge in [-0.1, -0.05) is 0 Å². The van der Waals surface area contributed by atoms with E-state index in [1.165, 1.54) is 0 Å². The molecule has 0 aliphatic heterocycles. The molecule has 0 spiro atoms. The van der Waals surface area contributed by atoms with E-state index in [1.807, 2.05) is 6.01 Å². The molecule has 4 heteroatoms. The van der Waals surface area contributed by atoms with Gasteiger partial charge in [-0.2, -0.15) is 0 Å². The first-order valence-electron chi connectivity index (χ1n) is 2.13. The van der Waals surface area contributed by atoms with Crippen molar-refractivity contribution in [3.63, 3.8) is 0 Å². The van der Waals surface area contributed by atoms with Crippen LogP contribution in [0.4, 0.5) is 0 Å². The van der Waals surface area contributed by atoms with E-state index in [4.69, 9.17) is 28.6 Å². The minimum absolute atomic E-state index is 0.368. The SMILES string of the molecule is N=C=NCCC(Cl)Cl. The molecule has 8 heavy (non-hydrogen) atoms. The molecular weight excluding hydrogens is 147 g/mol. The van der Waals surface area contributed by atoms with Crippen LogP contribution in [0.15, 0.2) is 4.99 Å². The summed E-state index contributed by atoms with van der Waals surface area (Å²) in [6, 6.07) is 1.88. The maximum absolute atomic E-state index is 6.34. The van der Waals surface area contributed by atoms with Crippen molar-refractivity contribution >= 4 is 29.2 Å². The molecule has 0 aromatic rings. The van der Waals surface area contributed by atoms with Gasteiger partial charge in [0, 0.05) is 0 Å². The van der Waals surface area contributed by atoms with Crippen molar-refractivity contribution in [3.05, 3.63) is 0 Å². The molecule has 0 unspecified atom stereocenters. The van der Waals surface area contributed by atoms with Crippen molar-refractivity contribution in [2.24, 2.45) is 4.99 Å². The van der Waals surface area contributed by atoms with Gasteiger partial charge in [-0.15, -0.1) is 23.2 Å². The molecule has 0 heterocycles. The van der Waals surface area contributed by atoms with Crippen LogP contribution in [0.1, 0.15) is 6.42 Å². The van der Waals surface area contributed by atoms with Gasteiger partial charge >= 0.3 is 0 Å². The zero-order valence-electron chi connectivity index (χ0n) is 4.19.